The Hall–Kier alpha value is -0.0900. The van der Waals surface area contributed by atoms with Crippen LogP contribution in [0.15, 0.2) is 22.7 Å². The number of nitrogens with one attached hydrogen (secondary N) is 1. The van der Waals surface area contributed by atoms with Gasteiger partial charge in [0.2, 0.25) is 0 Å². The Balaban J connectivity index is 1.72. The van der Waals surface area contributed by atoms with Crippen molar-refractivity contribution in [2.75, 3.05) is 19.6 Å². The maximum atomic E-state index is 6.37. The van der Waals surface area contributed by atoms with E-state index in [-0.39, 0.29) is 0 Å². The molecule has 0 radical (unpaired) electrons. The lowest BCUT2D eigenvalue weighted by Gasteiger charge is -2.33. The maximum absolute atomic E-state index is 6.37. The van der Waals surface area contributed by atoms with Gasteiger partial charge >= 0.3 is 0 Å². The molecule has 2 fully saturated rings. The summed E-state index contributed by atoms with van der Waals surface area (Å²) >= 11 is 9.84. The Bertz CT molecular complexity index is 472. The van der Waals surface area contributed by atoms with E-state index in [0.29, 0.717) is 5.54 Å². The minimum atomic E-state index is 0.373. The van der Waals surface area contributed by atoms with Crippen LogP contribution < -0.4 is 5.32 Å². The first kappa shape index (κ1) is 14.8. The lowest BCUT2D eigenvalue weighted by molar-refractivity contribution is 0.203. The lowest BCUT2D eigenvalue weighted by Crippen LogP contribution is -2.49. The van der Waals surface area contributed by atoms with E-state index in [0.717, 1.165) is 22.6 Å². The van der Waals surface area contributed by atoms with E-state index in [2.05, 4.69) is 38.3 Å². The molecule has 0 aromatic heterocycles. The average molecular weight is 358 g/mol. The zero-order valence-electron chi connectivity index (χ0n) is 11.8. The summed E-state index contributed by atoms with van der Waals surface area (Å²) < 4.78 is 1.05. The number of halogens is 2. The van der Waals surface area contributed by atoms with E-state index in [9.17, 15) is 0 Å². The van der Waals surface area contributed by atoms with Crippen molar-refractivity contribution in [2.45, 2.75) is 44.2 Å². The van der Waals surface area contributed by atoms with Crippen LogP contribution in [-0.2, 0) is 6.54 Å². The van der Waals surface area contributed by atoms with Crippen LogP contribution in [0.2, 0.25) is 5.02 Å². The molecule has 3 rings (SSSR count). The van der Waals surface area contributed by atoms with Gasteiger partial charge in [-0.25, -0.2) is 0 Å². The standard InChI is InChI=1S/C16H22BrClN2/c17-14-5-4-13(15(18)10-14)11-20-9-3-8-19-16(12-20)6-1-2-7-16/h4-5,10,19H,1-3,6-9,11-12H2. The SMILES string of the molecule is Clc1cc(Br)ccc1CN1CCCNC2(CCCC2)C1. The van der Waals surface area contributed by atoms with Crippen molar-refractivity contribution in [1.29, 1.82) is 0 Å². The molecule has 1 heterocycles. The zero-order chi connectivity index (χ0) is 14.0. The third-order valence-corrected chi connectivity index (χ3v) is 5.49. The summed E-state index contributed by atoms with van der Waals surface area (Å²) in [5, 5.41) is 4.69. The topological polar surface area (TPSA) is 15.3 Å². The molecule has 1 saturated carbocycles. The fourth-order valence-electron chi connectivity index (χ4n) is 3.63. The predicted molar refractivity (Wildman–Crippen MR) is 88.2 cm³/mol. The minimum absolute atomic E-state index is 0.373. The Kier molecular flexibility index (Phi) is 4.71. The average Bonchev–Trinajstić information content (AvgIpc) is 2.76. The summed E-state index contributed by atoms with van der Waals surface area (Å²) in [6, 6.07) is 6.23. The fraction of sp³-hybridized carbons (Fsp3) is 0.625. The van der Waals surface area contributed by atoms with Crippen LogP contribution in [-0.4, -0.2) is 30.1 Å². The maximum Gasteiger partial charge on any atom is 0.0462 e. The molecule has 1 spiro atoms. The summed E-state index contributed by atoms with van der Waals surface area (Å²) in [6.45, 7) is 4.46. The molecular formula is C16H22BrClN2. The Labute approximate surface area is 135 Å². The summed E-state index contributed by atoms with van der Waals surface area (Å²) in [6.07, 6.45) is 6.64. The third-order valence-electron chi connectivity index (χ3n) is 4.65. The van der Waals surface area contributed by atoms with Gasteiger partial charge in [-0.3, -0.25) is 4.90 Å². The molecule has 4 heteroatoms. The summed E-state index contributed by atoms with van der Waals surface area (Å²) in [5.41, 5.74) is 1.61. The van der Waals surface area contributed by atoms with E-state index in [1.807, 2.05) is 6.07 Å². The van der Waals surface area contributed by atoms with Crippen LogP contribution in [0.1, 0.15) is 37.7 Å². The third kappa shape index (κ3) is 3.38. The minimum Gasteiger partial charge on any atom is -0.310 e. The summed E-state index contributed by atoms with van der Waals surface area (Å²) in [4.78, 5) is 2.58. The van der Waals surface area contributed by atoms with Gasteiger partial charge in [0.15, 0.2) is 0 Å². The molecular weight excluding hydrogens is 336 g/mol. The zero-order valence-corrected chi connectivity index (χ0v) is 14.1. The molecule has 1 N–H and O–H groups in total. The van der Waals surface area contributed by atoms with Gasteiger partial charge in [0.05, 0.1) is 0 Å². The normalized spacial score (nSPS) is 23.1. The van der Waals surface area contributed by atoms with Crippen molar-refractivity contribution < 1.29 is 0 Å². The van der Waals surface area contributed by atoms with Crippen LogP contribution in [0.25, 0.3) is 0 Å². The molecule has 0 amide bonds. The molecule has 0 atom stereocenters. The summed E-state index contributed by atoms with van der Waals surface area (Å²) in [5.74, 6) is 0. The molecule has 1 saturated heterocycles. The molecule has 0 bridgehead atoms. The first-order chi connectivity index (χ1) is 9.67. The van der Waals surface area contributed by atoms with Gasteiger partial charge in [0.25, 0.3) is 0 Å². The van der Waals surface area contributed by atoms with E-state index >= 15 is 0 Å². The van der Waals surface area contributed by atoms with Gasteiger partial charge in [0, 0.05) is 28.1 Å². The number of hydrogen-bond acceptors (Lipinski definition) is 2. The largest absolute Gasteiger partial charge is 0.310 e. The lowest BCUT2D eigenvalue weighted by atomic mass is 9.97. The van der Waals surface area contributed by atoms with Crippen molar-refractivity contribution >= 4 is 27.5 Å². The first-order valence-electron chi connectivity index (χ1n) is 7.58. The van der Waals surface area contributed by atoms with Gasteiger partial charge in [-0.05, 0) is 50.0 Å². The molecule has 1 aliphatic carbocycles. The number of hydrogen-bond donors (Lipinski definition) is 1. The highest BCUT2D eigenvalue weighted by Crippen LogP contribution is 2.32. The van der Waals surface area contributed by atoms with Crippen molar-refractivity contribution in [3.05, 3.63) is 33.3 Å². The molecule has 2 aliphatic rings. The second kappa shape index (κ2) is 6.35. The highest BCUT2D eigenvalue weighted by Gasteiger charge is 2.36. The van der Waals surface area contributed by atoms with Gasteiger partial charge in [-0.2, -0.15) is 0 Å². The quantitative estimate of drug-likeness (QED) is 0.853. The van der Waals surface area contributed by atoms with Crippen LogP contribution in [0.4, 0.5) is 0 Å². The fourth-order valence-corrected chi connectivity index (χ4v) is 4.36. The second-order valence-corrected chi connectivity index (χ2v) is 7.54. The molecule has 2 nitrogen and oxygen atoms in total. The van der Waals surface area contributed by atoms with Crippen LogP contribution in [0.3, 0.4) is 0 Å². The predicted octanol–water partition coefficient (Wildman–Crippen LogP) is 4.21. The van der Waals surface area contributed by atoms with E-state index in [1.165, 1.54) is 50.8 Å². The molecule has 1 aromatic rings. The smallest absolute Gasteiger partial charge is 0.0462 e. The van der Waals surface area contributed by atoms with E-state index in [4.69, 9.17) is 11.6 Å². The Morgan fingerprint density at radius 1 is 1.25 bits per heavy atom. The van der Waals surface area contributed by atoms with Crippen molar-refractivity contribution in [1.82, 2.24) is 10.2 Å². The van der Waals surface area contributed by atoms with Gasteiger partial charge < -0.3 is 5.32 Å². The first-order valence-corrected chi connectivity index (χ1v) is 8.75. The van der Waals surface area contributed by atoms with Crippen molar-refractivity contribution in [3.8, 4) is 0 Å². The van der Waals surface area contributed by atoms with Crippen LogP contribution >= 0.6 is 27.5 Å². The van der Waals surface area contributed by atoms with E-state index < -0.39 is 0 Å². The Morgan fingerprint density at radius 3 is 2.80 bits per heavy atom. The molecule has 1 aliphatic heterocycles. The van der Waals surface area contributed by atoms with E-state index in [1.54, 1.807) is 0 Å². The molecule has 0 unspecified atom stereocenters. The molecule has 1 aromatic carbocycles. The number of benzene rings is 1. The van der Waals surface area contributed by atoms with Gasteiger partial charge in [-0.1, -0.05) is 46.4 Å². The van der Waals surface area contributed by atoms with Crippen LogP contribution in [0.5, 0.6) is 0 Å². The van der Waals surface area contributed by atoms with Gasteiger partial charge in [0.1, 0.15) is 0 Å². The second-order valence-electron chi connectivity index (χ2n) is 6.21. The number of rotatable bonds is 2. The molecule has 20 heavy (non-hydrogen) atoms. The van der Waals surface area contributed by atoms with Gasteiger partial charge in [-0.15, -0.1) is 0 Å². The highest BCUT2D eigenvalue weighted by molar-refractivity contribution is 9.10. The highest BCUT2D eigenvalue weighted by atomic mass is 79.9. The monoisotopic (exact) mass is 356 g/mol. The summed E-state index contributed by atoms with van der Waals surface area (Å²) in [7, 11) is 0. The van der Waals surface area contributed by atoms with Crippen molar-refractivity contribution in [3.63, 3.8) is 0 Å². The number of nitrogens with zero attached hydrogens (tertiary/aromatic N) is 1. The van der Waals surface area contributed by atoms with Crippen LogP contribution in [0, 0.1) is 0 Å². The van der Waals surface area contributed by atoms with Crippen molar-refractivity contribution in [2.24, 2.45) is 0 Å². The molecule has 110 valence electrons. The Morgan fingerprint density at radius 2 is 2.05 bits per heavy atom.